The number of rotatable bonds is 1. The predicted octanol–water partition coefficient (Wildman–Crippen LogP) is 0.0299. The van der Waals surface area contributed by atoms with E-state index in [4.69, 9.17) is 0 Å². The molecule has 1 atom stereocenters. The van der Waals surface area contributed by atoms with Gasteiger partial charge in [-0.25, -0.2) is 5.32 Å². The molecule has 1 saturated heterocycles. The van der Waals surface area contributed by atoms with Crippen molar-refractivity contribution in [3.8, 4) is 0 Å². The van der Waals surface area contributed by atoms with Gasteiger partial charge in [-0.05, 0) is 6.42 Å². The van der Waals surface area contributed by atoms with Crippen molar-refractivity contribution >= 4 is 0 Å². The summed E-state index contributed by atoms with van der Waals surface area (Å²) in [6.45, 7) is 1.23. The summed E-state index contributed by atoms with van der Waals surface area (Å²) in [7, 11) is 0. The van der Waals surface area contributed by atoms with Gasteiger partial charge in [0.2, 0.25) is 6.04 Å². The van der Waals surface area contributed by atoms with Crippen LogP contribution in [0.25, 0.3) is 0 Å². The zero-order valence-electron chi connectivity index (χ0n) is 5.12. The average Bonchev–Trinajstić information content (AvgIpc) is 1.90. The third-order valence-electron chi connectivity index (χ3n) is 1.49. The Hall–Kier alpha value is -0.640. The van der Waals surface area contributed by atoms with Crippen molar-refractivity contribution in [2.24, 2.45) is 0 Å². The molecule has 0 aromatic heterocycles. The minimum absolute atomic E-state index is 0.233. The maximum absolute atomic E-state index is 10.1. The molecule has 0 aromatic carbocycles. The third-order valence-corrected chi connectivity index (χ3v) is 1.49. The number of hydrogen-bond donors (Lipinski definition) is 0. The fourth-order valence-electron chi connectivity index (χ4n) is 0.942. The first kappa shape index (κ1) is 6.48. The Morgan fingerprint density at radius 2 is 2.44 bits per heavy atom. The van der Waals surface area contributed by atoms with E-state index in [-0.39, 0.29) is 4.92 Å². The molecule has 4 nitrogen and oxygen atoms in total. The molecule has 1 rings (SSSR count). The maximum Gasteiger partial charge on any atom is 0.227 e. The van der Waals surface area contributed by atoms with Gasteiger partial charge in [-0.2, -0.15) is 0 Å². The van der Waals surface area contributed by atoms with Gasteiger partial charge >= 0.3 is 0 Å². The van der Waals surface area contributed by atoms with E-state index in [1.807, 2.05) is 0 Å². The number of piperidine rings is 1. The second-order valence-corrected chi connectivity index (χ2v) is 2.21. The highest BCUT2D eigenvalue weighted by molar-refractivity contribution is 4.66. The smallest absolute Gasteiger partial charge is 0.227 e. The van der Waals surface area contributed by atoms with Crippen LogP contribution < -0.4 is 5.32 Å². The average molecular weight is 129 g/mol. The molecule has 0 aromatic rings. The summed E-state index contributed by atoms with van der Waals surface area (Å²) in [4.78, 5) is 9.87. The molecule has 1 aliphatic heterocycles. The van der Waals surface area contributed by atoms with Crippen LogP contribution in [0.4, 0.5) is 0 Å². The quantitative estimate of drug-likeness (QED) is 0.370. The van der Waals surface area contributed by atoms with E-state index in [1.54, 1.807) is 0 Å². The Bertz CT molecular complexity index is 110. The van der Waals surface area contributed by atoms with E-state index in [1.165, 1.54) is 0 Å². The molecule has 1 fully saturated rings. The molecule has 0 spiro atoms. The zero-order valence-corrected chi connectivity index (χ0v) is 5.12. The number of nitrogens with zero attached hydrogens (tertiary/aromatic N) is 2. The summed E-state index contributed by atoms with van der Waals surface area (Å²) < 4.78 is 0. The Labute approximate surface area is 53.4 Å². The van der Waals surface area contributed by atoms with Gasteiger partial charge < -0.3 is 0 Å². The SMILES string of the molecule is O=[N+]([O-])C1CCC[N]C1. The van der Waals surface area contributed by atoms with Crippen LogP contribution in [0.3, 0.4) is 0 Å². The highest BCUT2D eigenvalue weighted by Crippen LogP contribution is 2.04. The van der Waals surface area contributed by atoms with Crippen molar-refractivity contribution in [2.75, 3.05) is 13.1 Å². The monoisotopic (exact) mass is 129 g/mol. The lowest BCUT2D eigenvalue weighted by atomic mass is 10.1. The summed E-state index contributed by atoms with van der Waals surface area (Å²) in [5, 5.41) is 14.0. The van der Waals surface area contributed by atoms with Crippen LogP contribution in [0.5, 0.6) is 0 Å². The van der Waals surface area contributed by atoms with Crippen LogP contribution in [-0.2, 0) is 0 Å². The first-order chi connectivity index (χ1) is 4.30. The van der Waals surface area contributed by atoms with Crippen LogP contribution in [0, 0.1) is 10.1 Å². The molecular formula is C5H9N2O2. The summed E-state index contributed by atoms with van der Waals surface area (Å²) in [6.07, 6.45) is 1.59. The van der Waals surface area contributed by atoms with Gasteiger partial charge in [0.15, 0.2) is 0 Å². The fraction of sp³-hybridized carbons (Fsp3) is 1.00. The molecule has 0 bridgehead atoms. The molecule has 0 N–H and O–H groups in total. The first-order valence-electron chi connectivity index (χ1n) is 3.07. The van der Waals surface area contributed by atoms with Crippen LogP contribution in [0.2, 0.25) is 0 Å². The van der Waals surface area contributed by atoms with E-state index in [0.29, 0.717) is 13.0 Å². The van der Waals surface area contributed by atoms with Crippen molar-refractivity contribution in [2.45, 2.75) is 18.9 Å². The van der Waals surface area contributed by atoms with E-state index in [9.17, 15) is 10.1 Å². The van der Waals surface area contributed by atoms with Gasteiger partial charge in [0.05, 0.1) is 6.54 Å². The lowest BCUT2D eigenvalue weighted by Gasteiger charge is -2.13. The van der Waals surface area contributed by atoms with Gasteiger partial charge in [-0.1, -0.05) is 0 Å². The molecule has 1 radical (unpaired) electrons. The summed E-state index contributed by atoms with van der Waals surface area (Å²) in [5.41, 5.74) is 0. The van der Waals surface area contributed by atoms with Gasteiger partial charge in [-0.3, -0.25) is 10.1 Å². The molecule has 1 unspecified atom stereocenters. The summed E-state index contributed by atoms with van der Waals surface area (Å²) in [6, 6.07) is -0.390. The van der Waals surface area contributed by atoms with E-state index >= 15 is 0 Å². The van der Waals surface area contributed by atoms with Gasteiger partial charge in [0.1, 0.15) is 0 Å². The van der Waals surface area contributed by atoms with Crippen LogP contribution >= 0.6 is 0 Å². The molecular weight excluding hydrogens is 120 g/mol. The summed E-state index contributed by atoms with van der Waals surface area (Å²) >= 11 is 0. The Balaban J connectivity index is 2.31. The van der Waals surface area contributed by atoms with Crippen LogP contribution in [0.1, 0.15) is 12.8 Å². The Morgan fingerprint density at radius 3 is 2.78 bits per heavy atom. The van der Waals surface area contributed by atoms with Crippen molar-refractivity contribution in [1.82, 2.24) is 5.32 Å². The molecule has 0 amide bonds. The number of hydrogen-bond acceptors (Lipinski definition) is 2. The normalized spacial score (nSPS) is 27.8. The third kappa shape index (κ3) is 1.64. The summed E-state index contributed by atoms with van der Waals surface area (Å²) in [5.74, 6) is 0. The van der Waals surface area contributed by atoms with Gasteiger partial charge in [-0.15, -0.1) is 0 Å². The van der Waals surface area contributed by atoms with E-state index in [0.717, 1.165) is 13.0 Å². The maximum atomic E-state index is 10.1. The topological polar surface area (TPSA) is 57.2 Å². The molecule has 1 heterocycles. The van der Waals surface area contributed by atoms with Gasteiger partial charge in [0, 0.05) is 17.9 Å². The van der Waals surface area contributed by atoms with E-state index < -0.39 is 6.04 Å². The molecule has 1 aliphatic rings. The molecule has 0 saturated carbocycles. The molecule has 0 aliphatic carbocycles. The molecule has 51 valence electrons. The second kappa shape index (κ2) is 2.77. The fourth-order valence-corrected chi connectivity index (χ4v) is 0.942. The predicted molar refractivity (Wildman–Crippen MR) is 31.9 cm³/mol. The van der Waals surface area contributed by atoms with Crippen LogP contribution in [0.15, 0.2) is 0 Å². The highest BCUT2D eigenvalue weighted by atomic mass is 16.6. The zero-order chi connectivity index (χ0) is 6.69. The number of nitro groups is 1. The van der Waals surface area contributed by atoms with Gasteiger partial charge in [0.25, 0.3) is 0 Å². The van der Waals surface area contributed by atoms with Crippen molar-refractivity contribution in [1.29, 1.82) is 0 Å². The molecule has 4 heteroatoms. The van der Waals surface area contributed by atoms with E-state index in [2.05, 4.69) is 5.32 Å². The first-order valence-corrected chi connectivity index (χ1v) is 3.07. The highest BCUT2D eigenvalue weighted by Gasteiger charge is 2.22. The molecule has 9 heavy (non-hydrogen) atoms. The lowest BCUT2D eigenvalue weighted by Crippen LogP contribution is -2.34. The Kier molecular flexibility index (Phi) is 2.00. The Morgan fingerprint density at radius 1 is 1.67 bits per heavy atom. The van der Waals surface area contributed by atoms with Crippen molar-refractivity contribution < 1.29 is 4.92 Å². The van der Waals surface area contributed by atoms with Crippen molar-refractivity contribution in [3.05, 3.63) is 10.1 Å². The van der Waals surface area contributed by atoms with Crippen molar-refractivity contribution in [3.63, 3.8) is 0 Å². The lowest BCUT2D eigenvalue weighted by molar-refractivity contribution is -0.523. The minimum atomic E-state index is -0.390. The largest absolute Gasteiger partial charge is 0.264 e. The second-order valence-electron chi connectivity index (χ2n) is 2.21. The van der Waals surface area contributed by atoms with Crippen LogP contribution in [-0.4, -0.2) is 24.1 Å². The standard InChI is InChI=1S/C5H9N2O2/c8-7(9)5-2-1-3-6-4-5/h5H,1-4H2. The minimum Gasteiger partial charge on any atom is -0.264 e.